The molecular weight excluding hydrogens is 356 g/mol. The summed E-state index contributed by atoms with van der Waals surface area (Å²) in [7, 11) is 0. The molecule has 0 saturated carbocycles. The fourth-order valence-electron chi connectivity index (χ4n) is 3.60. The van der Waals surface area contributed by atoms with Gasteiger partial charge in [0.05, 0.1) is 22.0 Å². The molecule has 0 fully saturated rings. The van der Waals surface area contributed by atoms with E-state index >= 15 is 0 Å². The van der Waals surface area contributed by atoms with Gasteiger partial charge in [0.15, 0.2) is 0 Å². The largest absolute Gasteiger partial charge is 0.353 e. The molecule has 8 nitrogen and oxygen atoms in total. The third kappa shape index (κ3) is 2.62. The van der Waals surface area contributed by atoms with Gasteiger partial charge >= 0.3 is 5.69 Å². The van der Waals surface area contributed by atoms with E-state index in [2.05, 4.69) is 31.2 Å². The molecule has 1 aliphatic heterocycles. The number of rotatable bonds is 4. The van der Waals surface area contributed by atoms with Crippen molar-refractivity contribution in [1.29, 1.82) is 0 Å². The molecule has 5 rings (SSSR count). The predicted molar refractivity (Wildman–Crippen MR) is 107 cm³/mol. The van der Waals surface area contributed by atoms with E-state index < -0.39 is 4.92 Å². The molecule has 2 aromatic carbocycles. The van der Waals surface area contributed by atoms with Crippen LogP contribution in [0.4, 0.5) is 23.1 Å². The Kier molecular flexibility index (Phi) is 3.68. The molecule has 0 amide bonds. The molecule has 0 aliphatic carbocycles. The maximum atomic E-state index is 11.1. The van der Waals surface area contributed by atoms with Crippen LogP contribution in [0, 0.1) is 10.1 Å². The van der Waals surface area contributed by atoms with Gasteiger partial charge in [-0.1, -0.05) is 24.3 Å². The van der Waals surface area contributed by atoms with Crippen LogP contribution in [0.15, 0.2) is 66.9 Å². The number of fused-ring (bicyclic) bond motifs is 3. The Bertz CT molecular complexity index is 1190. The Morgan fingerprint density at radius 1 is 1.11 bits per heavy atom. The lowest BCUT2D eigenvalue weighted by Gasteiger charge is -2.14. The van der Waals surface area contributed by atoms with E-state index in [1.807, 2.05) is 42.5 Å². The zero-order valence-electron chi connectivity index (χ0n) is 14.7. The minimum Gasteiger partial charge on any atom is -0.353 e. The smallest absolute Gasteiger partial charge is 0.311 e. The van der Waals surface area contributed by atoms with Gasteiger partial charge in [0.25, 0.3) is 0 Å². The van der Waals surface area contributed by atoms with E-state index in [1.165, 1.54) is 12.3 Å². The van der Waals surface area contributed by atoms with Gasteiger partial charge in [-0.05, 0) is 35.9 Å². The topological polar surface area (TPSA) is 97.9 Å². The van der Waals surface area contributed by atoms with Crippen LogP contribution in [0.1, 0.15) is 11.6 Å². The number of aromatic nitrogens is 3. The summed E-state index contributed by atoms with van der Waals surface area (Å²) < 4.78 is 2.21. The summed E-state index contributed by atoms with van der Waals surface area (Å²) in [6, 6.07) is 19.0. The van der Waals surface area contributed by atoms with Gasteiger partial charge in [0.2, 0.25) is 11.8 Å². The first-order valence-corrected chi connectivity index (χ1v) is 8.88. The SMILES string of the molecule is O=[N+]([O-])c1cccnc1Nc1ccc(C2CNc3nc4ccccc4n32)cc1. The first kappa shape index (κ1) is 16.2. The summed E-state index contributed by atoms with van der Waals surface area (Å²) in [6.07, 6.45) is 1.53. The number of hydrogen-bond acceptors (Lipinski definition) is 6. The van der Waals surface area contributed by atoms with E-state index in [0.717, 1.165) is 34.8 Å². The molecule has 3 heterocycles. The second-order valence-electron chi connectivity index (χ2n) is 6.57. The number of hydrogen-bond donors (Lipinski definition) is 2. The van der Waals surface area contributed by atoms with Crippen LogP contribution >= 0.6 is 0 Å². The lowest BCUT2D eigenvalue weighted by atomic mass is 10.1. The third-order valence-corrected chi connectivity index (χ3v) is 4.90. The molecule has 28 heavy (non-hydrogen) atoms. The summed E-state index contributed by atoms with van der Waals surface area (Å²) in [5.74, 6) is 1.10. The number of nitro groups is 1. The lowest BCUT2D eigenvalue weighted by molar-refractivity contribution is -0.384. The molecule has 0 bridgehead atoms. The van der Waals surface area contributed by atoms with Crippen LogP contribution in [0.5, 0.6) is 0 Å². The molecule has 0 radical (unpaired) electrons. The van der Waals surface area contributed by atoms with Gasteiger partial charge in [-0.25, -0.2) is 9.97 Å². The molecule has 1 aliphatic rings. The number of nitrogens with one attached hydrogen (secondary N) is 2. The fourth-order valence-corrected chi connectivity index (χ4v) is 3.60. The number of pyridine rings is 1. The maximum Gasteiger partial charge on any atom is 0.311 e. The van der Waals surface area contributed by atoms with Crippen LogP contribution in [0.25, 0.3) is 11.0 Å². The summed E-state index contributed by atoms with van der Waals surface area (Å²) >= 11 is 0. The van der Waals surface area contributed by atoms with E-state index in [1.54, 1.807) is 6.07 Å². The molecule has 138 valence electrons. The van der Waals surface area contributed by atoms with Crippen molar-refractivity contribution in [3.63, 3.8) is 0 Å². The Balaban J connectivity index is 1.44. The summed E-state index contributed by atoms with van der Waals surface area (Å²) in [4.78, 5) is 19.4. The van der Waals surface area contributed by atoms with Gasteiger partial charge in [0.1, 0.15) is 0 Å². The van der Waals surface area contributed by atoms with Crippen molar-refractivity contribution in [2.75, 3.05) is 17.2 Å². The molecule has 0 spiro atoms. The predicted octanol–water partition coefficient (Wildman–Crippen LogP) is 4.10. The highest BCUT2D eigenvalue weighted by Crippen LogP contribution is 2.34. The highest BCUT2D eigenvalue weighted by atomic mass is 16.6. The highest BCUT2D eigenvalue weighted by Gasteiger charge is 2.26. The summed E-state index contributed by atoms with van der Waals surface area (Å²) in [5.41, 5.74) is 3.89. The average molecular weight is 372 g/mol. The monoisotopic (exact) mass is 372 g/mol. The van der Waals surface area contributed by atoms with Crippen LogP contribution in [-0.4, -0.2) is 26.0 Å². The second-order valence-corrected chi connectivity index (χ2v) is 6.57. The lowest BCUT2D eigenvalue weighted by Crippen LogP contribution is -2.09. The fraction of sp³-hybridized carbons (Fsp3) is 0.100. The number of nitrogens with zero attached hydrogens (tertiary/aromatic N) is 4. The van der Waals surface area contributed by atoms with E-state index in [-0.39, 0.29) is 17.5 Å². The van der Waals surface area contributed by atoms with Crippen LogP contribution < -0.4 is 10.6 Å². The number of benzene rings is 2. The average Bonchev–Trinajstić information content (AvgIpc) is 3.28. The highest BCUT2D eigenvalue weighted by molar-refractivity contribution is 5.80. The van der Waals surface area contributed by atoms with Crippen molar-refractivity contribution < 1.29 is 4.92 Å². The number of imidazole rings is 1. The normalized spacial score (nSPS) is 15.2. The quantitative estimate of drug-likeness (QED) is 0.413. The van der Waals surface area contributed by atoms with Crippen molar-refractivity contribution in [3.8, 4) is 0 Å². The second kappa shape index (κ2) is 6.34. The van der Waals surface area contributed by atoms with Crippen LogP contribution in [-0.2, 0) is 0 Å². The van der Waals surface area contributed by atoms with Gasteiger partial charge in [-0.2, -0.15) is 0 Å². The molecular formula is C20H16N6O2. The summed E-state index contributed by atoms with van der Waals surface area (Å²) in [6.45, 7) is 0.769. The van der Waals surface area contributed by atoms with Gasteiger partial charge < -0.3 is 15.2 Å². The van der Waals surface area contributed by atoms with Crippen molar-refractivity contribution in [2.45, 2.75) is 6.04 Å². The molecule has 0 saturated heterocycles. The van der Waals surface area contributed by atoms with Crippen molar-refractivity contribution in [2.24, 2.45) is 0 Å². The number of para-hydroxylation sites is 2. The van der Waals surface area contributed by atoms with Crippen LogP contribution in [0.3, 0.4) is 0 Å². The van der Waals surface area contributed by atoms with Crippen molar-refractivity contribution in [3.05, 3.63) is 82.5 Å². The van der Waals surface area contributed by atoms with Gasteiger partial charge in [-0.3, -0.25) is 10.1 Å². The van der Waals surface area contributed by atoms with Crippen molar-refractivity contribution in [1.82, 2.24) is 14.5 Å². The minimum absolute atomic E-state index is 0.0545. The van der Waals surface area contributed by atoms with E-state index in [4.69, 9.17) is 0 Å². The van der Waals surface area contributed by atoms with Gasteiger partial charge in [0, 0.05) is 24.5 Å². The zero-order chi connectivity index (χ0) is 19.1. The Morgan fingerprint density at radius 2 is 1.93 bits per heavy atom. The van der Waals surface area contributed by atoms with E-state index in [0.29, 0.717) is 0 Å². The minimum atomic E-state index is -0.445. The molecule has 1 unspecified atom stereocenters. The van der Waals surface area contributed by atoms with Gasteiger partial charge in [-0.15, -0.1) is 0 Å². The number of anilines is 3. The Hall–Kier alpha value is -3.94. The van der Waals surface area contributed by atoms with Crippen LogP contribution in [0.2, 0.25) is 0 Å². The molecule has 8 heteroatoms. The summed E-state index contributed by atoms with van der Waals surface area (Å²) in [5, 5.41) is 17.5. The molecule has 1 atom stereocenters. The molecule has 4 aromatic rings. The first-order valence-electron chi connectivity index (χ1n) is 8.88. The van der Waals surface area contributed by atoms with E-state index in [9.17, 15) is 10.1 Å². The molecule has 2 aromatic heterocycles. The first-order chi connectivity index (χ1) is 13.7. The third-order valence-electron chi connectivity index (χ3n) is 4.90. The zero-order valence-corrected chi connectivity index (χ0v) is 14.7. The maximum absolute atomic E-state index is 11.1. The Labute approximate surface area is 160 Å². The van der Waals surface area contributed by atoms with Crippen molar-refractivity contribution >= 4 is 34.2 Å². The Morgan fingerprint density at radius 3 is 2.75 bits per heavy atom. The molecule has 2 N–H and O–H groups in total. The standard InChI is InChI=1S/C20H16N6O2/c27-26(28)17-6-3-11-21-19(17)23-14-9-7-13(8-10-14)18-12-22-20-24-15-4-1-2-5-16(15)25(18)20/h1-11,18H,12H2,(H,21,23)(H,22,24).